The first-order valence-corrected chi connectivity index (χ1v) is 7.25. The Bertz CT molecular complexity index is 735. The fourth-order valence-corrected chi connectivity index (χ4v) is 2.22. The number of rotatable bonds is 4. The molecule has 2 rings (SSSR count). The maximum atomic E-state index is 12.6. The average Bonchev–Trinajstić information content (AvgIpc) is 2.71. The van der Waals surface area contributed by atoms with E-state index in [-0.39, 0.29) is 35.5 Å². The van der Waals surface area contributed by atoms with Crippen molar-refractivity contribution in [3.63, 3.8) is 0 Å². The third-order valence-corrected chi connectivity index (χ3v) is 3.82. The van der Waals surface area contributed by atoms with Gasteiger partial charge in [0, 0.05) is 7.05 Å². The largest absolute Gasteiger partial charge is 0.320 e. The summed E-state index contributed by atoms with van der Waals surface area (Å²) in [6.45, 7) is 5.52. The van der Waals surface area contributed by atoms with E-state index in [4.69, 9.17) is 5.73 Å². The molecule has 0 fully saturated rings. The Balaban J connectivity index is 0.00000264. The van der Waals surface area contributed by atoms with Crippen LogP contribution in [0, 0.1) is 12.8 Å². The van der Waals surface area contributed by atoms with Crippen LogP contribution < -0.4 is 16.6 Å². The van der Waals surface area contributed by atoms with Crippen molar-refractivity contribution in [1.29, 1.82) is 0 Å². The van der Waals surface area contributed by atoms with E-state index in [9.17, 15) is 9.59 Å². The van der Waals surface area contributed by atoms with Gasteiger partial charge in [0.2, 0.25) is 5.91 Å². The van der Waals surface area contributed by atoms with Gasteiger partial charge in [-0.2, -0.15) is 0 Å². The number of aromatic nitrogens is 2. The highest BCUT2D eigenvalue weighted by atomic mass is 35.5. The summed E-state index contributed by atoms with van der Waals surface area (Å²) in [6.07, 6.45) is 0. The summed E-state index contributed by atoms with van der Waals surface area (Å²) < 4.78 is 3.24. The first-order chi connectivity index (χ1) is 10.3. The minimum Gasteiger partial charge on any atom is -0.320 e. The van der Waals surface area contributed by atoms with Crippen LogP contribution in [0.3, 0.4) is 0 Å². The highest BCUT2D eigenvalue weighted by Crippen LogP contribution is 2.14. The molecule has 0 saturated heterocycles. The van der Waals surface area contributed by atoms with E-state index in [0.717, 1.165) is 5.69 Å². The molecule has 0 aliphatic heterocycles. The molecule has 126 valence electrons. The topological polar surface area (TPSA) is 82.1 Å². The molecule has 1 aromatic carbocycles. The number of hydrogen-bond donors (Lipinski definition) is 2. The zero-order valence-corrected chi connectivity index (χ0v) is 14.6. The van der Waals surface area contributed by atoms with Crippen LogP contribution in [-0.4, -0.2) is 21.3 Å². The van der Waals surface area contributed by atoms with Crippen LogP contribution in [0.15, 0.2) is 35.1 Å². The molecule has 1 atom stereocenters. The Kier molecular flexibility index (Phi) is 6.18. The van der Waals surface area contributed by atoms with Crippen molar-refractivity contribution in [2.24, 2.45) is 18.7 Å². The molecule has 23 heavy (non-hydrogen) atoms. The van der Waals surface area contributed by atoms with E-state index in [2.05, 4.69) is 5.32 Å². The second kappa shape index (κ2) is 7.48. The number of nitrogens with one attached hydrogen (secondary N) is 1. The van der Waals surface area contributed by atoms with Crippen molar-refractivity contribution < 1.29 is 4.79 Å². The second-order valence-electron chi connectivity index (χ2n) is 5.70. The summed E-state index contributed by atoms with van der Waals surface area (Å²) in [5.41, 5.74) is 7.26. The fourth-order valence-electron chi connectivity index (χ4n) is 2.22. The van der Waals surface area contributed by atoms with Gasteiger partial charge in [0.05, 0.1) is 17.4 Å². The molecule has 3 N–H and O–H groups in total. The third kappa shape index (κ3) is 3.65. The number of nitrogens with zero attached hydrogens (tertiary/aromatic N) is 2. The smallest absolute Gasteiger partial charge is 0.295 e. The number of carbonyl (C=O) groups excluding carboxylic acids is 1. The van der Waals surface area contributed by atoms with Crippen LogP contribution in [0.4, 0.5) is 5.69 Å². The first kappa shape index (κ1) is 19.0. The minimum absolute atomic E-state index is 0. The number of amides is 1. The number of carbonyl (C=O) groups is 1. The van der Waals surface area contributed by atoms with Crippen LogP contribution >= 0.6 is 12.4 Å². The summed E-state index contributed by atoms with van der Waals surface area (Å²) in [5.74, 6) is -0.346. The average molecular weight is 339 g/mol. The number of anilines is 1. The molecule has 0 radical (unpaired) electrons. The quantitative estimate of drug-likeness (QED) is 0.892. The molecule has 1 aromatic heterocycles. The van der Waals surface area contributed by atoms with Crippen molar-refractivity contribution in [1.82, 2.24) is 9.36 Å². The van der Waals surface area contributed by atoms with Gasteiger partial charge in [-0.25, -0.2) is 4.68 Å². The van der Waals surface area contributed by atoms with E-state index < -0.39 is 6.04 Å². The normalized spacial score (nSPS) is 11.9. The van der Waals surface area contributed by atoms with Gasteiger partial charge in [0.15, 0.2) is 0 Å². The Hall–Kier alpha value is -2.05. The molecule has 0 spiro atoms. The molecular formula is C16H23ClN4O2. The lowest BCUT2D eigenvalue weighted by atomic mass is 10.1. The fraction of sp³-hybridized carbons (Fsp3) is 0.375. The van der Waals surface area contributed by atoms with Crippen LogP contribution in [0.5, 0.6) is 0 Å². The number of benzene rings is 1. The third-order valence-electron chi connectivity index (χ3n) is 3.82. The number of nitrogens with two attached hydrogens (primary N) is 1. The van der Waals surface area contributed by atoms with Crippen molar-refractivity contribution in [2.45, 2.75) is 26.8 Å². The lowest BCUT2D eigenvalue weighted by Crippen LogP contribution is -2.40. The molecule has 7 heteroatoms. The Labute approximate surface area is 141 Å². The number of para-hydroxylation sites is 1. The van der Waals surface area contributed by atoms with Crippen LogP contribution in [0.2, 0.25) is 0 Å². The van der Waals surface area contributed by atoms with Gasteiger partial charge in [0.25, 0.3) is 5.56 Å². The molecule has 2 aromatic rings. The van der Waals surface area contributed by atoms with Gasteiger partial charge in [0.1, 0.15) is 5.69 Å². The van der Waals surface area contributed by atoms with Crippen molar-refractivity contribution >= 4 is 24.0 Å². The van der Waals surface area contributed by atoms with E-state index in [1.807, 2.05) is 44.2 Å². The van der Waals surface area contributed by atoms with Crippen LogP contribution in [-0.2, 0) is 11.8 Å². The maximum Gasteiger partial charge on any atom is 0.295 e. The molecule has 0 unspecified atom stereocenters. The molecule has 0 aliphatic rings. The summed E-state index contributed by atoms with van der Waals surface area (Å²) in [7, 11) is 1.78. The van der Waals surface area contributed by atoms with E-state index in [1.54, 1.807) is 18.7 Å². The highest BCUT2D eigenvalue weighted by molar-refractivity contribution is 5.95. The van der Waals surface area contributed by atoms with Crippen LogP contribution in [0.25, 0.3) is 5.69 Å². The summed E-state index contributed by atoms with van der Waals surface area (Å²) >= 11 is 0. The van der Waals surface area contributed by atoms with Crippen molar-refractivity contribution in [3.8, 4) is 5.69 Å². The van der Waals surface area contributed by atoms with Crippen LogP contribution in [0.1, 0.15) is 19.5 Å². The lowest BCUT2D eigenvalue weighted by Gasteiger charge is -2.14. The summed E-state index contributed by atoms with van der Waals surface area (Å²) in [5, 5.41) is 2.67. The molecule has 6 nitrogen and oxygen atoms in total. The van der Waals surface area contributed by atoms with Crippen molar-refractivity contribution in [3.05, 3.63) is 46.4 Å². The minimum atomic E-state index is -0.649. The zero-order valence-electron chi connectivity index (χ0n) is 13.7. The van der Waals surface area contributed by atoms with E-state index >= 15 is 0 Å². The number of hydrogen-bond acceptors (Lipinski definition) is 3. The maximum absolute atomic E-state index is 12.6. The Morgan fingerprint density at radius 1 is 1.22 bits per heavy atom. The lowest BCUT2D eigenvalue weighted by molar-refractivity contribution is -0.118. The molecule has 0 saturated carbocycles. The predicted molar refractivity (Wildman–Crippen MR) is 94.4 cm³/mol. The summed E-state index contributed by atoms with van der Waals surface area (Å²) in [6, 6.07) is 8.63. The summed E-state index contributed by atoms with van der Waals surface area (Å²) in [4.78, 5) is 24.7. The van der Waals surface area contributed by atoms with Gasteiger partial charge in [-0.05, 0) is 25.0 Å². The molecule has 0 aliphatic carbocycles. The van der Waals surface area contributed by atoms with Gasteiger partial charge < -0.3 is 11.1 Å². The second-order valence-corrected chi connectivity index (χ2v) is 5.70. The molecule has 1 amide bonds. The van der Waals surface area contributed by atoms with Gasteiger partial charge in [-0.3, -0.25) is 14.3 Å². The van der Waals surface area contributed by atoms with Gasteiger partial charge in [-0.1, -0.05) is 32.0 Å². The Morgan fingerprint density at radius 3 is 2.30 bits per heavy atom. The standard InChI is InChI=1S/C16H22N4O2.ClH/c1-10(2)13(17)15(21)18-14-11(3)19(4)20(16(14)22)12-8-6-5-7-9-12;/h5-10,13H,17H2,1-4H3,(H,18,21);1H/t13-;/m0./s1. The molecular weight excluding hydrogens is 316 g/mol. The number of halogens is 1. The predicted octanol–water partition coefficient (Wildman–Crippen LogP) is 1.83. The van der Waals surface area contributed by atoms with Gasteiger partial charge in [-0.15, -0.1) is 12.4 Å². The first-order valence-electron chi connectivity index (χ1n) is 7.25. The van der Waals surface area contributed by atoms with E-state index in [0.29, 0.717) is 5.69 Å². The monoisotopic (exact) mass is 338 g/mol. The SMILES string of the molecule is Cc1c(NC(=O)[C@@H](N)C(C)C)c(=O)n(-c2ccccc2)n1C.Cl. The highest BCUT2D eigenvalue weighted by Gasteiger charge is 2.22. The Morgan fingerprint density at radius 2 is 1.78 bits per heavy atom. The van der Waals surface area contributed by atoms with Crippen molar-refractivity contribution in [2.75, 3.05) is 5.32 Å². The zero-order chi connectivity index (χ0) is 16.4. The molecule has 0 bridgehead atoms. The van der Waals surface area contributed by atoms with Gasteiger partial charge >= 0.3 is 0 Å². The molecule has 1 heterocycles. The van der Waals surface area contributed by atoms with E-state index in [1.165, 1.54) is 4.68 Å².